The fraction of sp³-hybridized carbons (Fsp3) is 0.952. The van der Waals surface area contributed by atoms with Gasteiger partial charge in [0.05, 0.1) is 26.4 Å². The van der Waals surface area contributed by atoms with E-state index in [4.69, 9.17) is 37.0 Å². The molecule has 102 heavy (non-hydrogen) atoms. The van der Waals surface area contributed by atoms with Crippen LogP contribution in [0.1, 0.15) is 446 Å². The van der Waals surface area contributed by atoms with E-state index in [1.807, 2.05) is 0 Å². The smallest absolute Gasteiger partial charge is 0.462 e. The molecular formula is C83H162O17P2. The lowest BCUT2D eigenvalue weighted by molar-refractivity contribution is -0.161. The first-order chi connectivity index (χ1) is 49.5. The van der Waals surface area contributed by atoms with Gasteiger partial charge in [-0.2, -0.15) is 0 Å². The molecule has 0 bridgehead atoms. The molecule has 0 heterocycles. The van der Waals surface area contributed by atoms with Gasteiger partial charge in [-0.25, -0.2) is 9.13 Å². The van der Waals surface area contributed by atoms with E-state index in [0.717, 1.165) is 95.8 Å². The third-order valence-electron chi connectivity index (χ3n) is 19.5. The molecule has 606 valence electrons. The van der Waals surface area contributed by atoms with Crippen LogP contribution in [0.15, 0.2) is 0 Å². The van der Waals surface area contributed by atoms with Crippen LogP contribution in [-0.2, 0) is 65.4 Å². The fourth-order valence-electron chi connectivity index (χ4n) is 12.9. The molecule has 0 fully saturated rings. The molecule has 0 aromatic rings. The largest absolute Gasteiger partial charge is 0.472 e. The zero-order valence-corrected chi connectivity index (χ0v) is 68.5. The Bertz CT molecular complexity index is 1940. The number of esters is 4. The average Bonchev–Trinajstić information content (AvgIpc) is 0.921. The molecule has 0 saturated carbocycles. The molecule has 17 nitrogen and oxygen atoms in total. The normalized spacial score (nSPS) is 13.8. The first kappa shape index (κ1) is 100. The highest BCUT2D eigenvalue weighted by Crippen LogP contribution is 2.45. The van der Waals surface area contributed by atoms with Gasteiger partial charge < -0.3 is 33.8 Å². The lowest BCUT2D eigenvalue weighted by Gasteiger charge is -2.21. The maximum atomic E-state index is 13.1. The molecule has 0 aliphatic rings. The van der Waals surface area contributed by atoms with Crippen LogP contribution in [0.2, 0.25) is 0 Å². The van der Waals surface area contributed by atoms with Crippen molar-refractivity contribution >= 4 is 39.5 Å². The van der Waals surface area contributed by atoms with Gasteiger partial charge in [0.25, 0.3) is 0 Å². The summed E-state index contributed by atoms with van der Waals surface area (Å²) >= 11 is 0. The van der Waals surface area contributed by atoms with Crippen molar-refractivity contribution in [3.63, 3.8) is 0 Å². The van der Waals surface area contributed by atoms with Crippen molar-refractivity contribution in [2.45, 2.75) is 464 Å². The second-order valence-corrected chi connectivity index (χ2v) is 33.3. The van der Waals surface area contributed by atoms with Gasteiger partial charge in [0.1, 0.15) is 19.3 Å². The summed E-state index contributed by atoms with van der Waals surface area (Å²) in [7, 11) is -9.92. The number of unbranched alkanes of at least 4 members (excludes halogenated alkanes) is 55. The van der Waals surface area contributed by atoms with Crippen LogP contribution in [0, 0.1) is 5.92 Å². The van der Waals surface area contributed by atoms with E-state index in [9.17, 15) is 43.2 Å². The Balaban J connectivity index is 5.22. The Morgan fingerprint density at radius 2 is 0.451 bits per heavy atom. The lowest BCUT2D eigenvalue weighted by atomic mass is 10.0. The van der Waals surface area contributed by atoms with E-state index in [1.165, 1.54) is 270 Å². The zero-order valence-electron chi connectivity index (χ0n) is 66.8. The third kappa shape index (κ3) is 76.3. The van der Waals surface area contributed by atoms with Gasteiger partial charge in [-0.3, -0.25) is 37.3 Å². The summed E-state index contributed by atoms with van der Waals surface area (Å²) in [6.07, 6.45) is 68.0. The van der Waals surface area contributed by atoms with Gasteiger partial charge in [-0.05, 0) is 31.6 Å². The van der Waals surface area contributed by atoms with E-state index in [0.29, 0.717) is 25.7 Å². The molecule has 0 aromatic carbocycles. The van der Waals surface area contributed by atoms with E-state index < -0.39 is 97.5 Å². The van der Waals surface area contributed by atoms with E-state index >= 15 is 0 Å². The molecule has 0 spiro atoms. The van der Waals surface area contributed by atoms with Gasteiger partial charge in [-0.15, -0.1) is 0 Å². The number of rotatable bonds is 83. The number of phosphoric acid groups is 2. The van der Waals surface area contributed by atoms with E-state index in [2.05, 4.69) is 34.6 Å². The second-order valence-electron chi connectivity index (χ2n) is 30.3. The Labute approximate surface area is 626 Å². The van der Waals surface area contributed by atoms with Crippen molar-refractivity contribution in [1.29, 1.82) is 0 Å². The SMILES string of the molecule is CCCCCCCCCCCCCCCCCCCCCCCCC(=O)O[C@H](COC(=O)CCCCCCCCCCCCCC(C)C)COP(=O)(O)OC[C@@H](O)COP(=O)(O)OC[C@@H](COC(=O)CCCCCCCCCCCCCCC)OC(=O)CCCCCCCCCCCCCCC. The summed E-state index contributed by atoms with van der Waals surface area (Å²) in [4.78, 5) is 73.1. The van der Waals surface area contributed by atoms with Crippen molar-refractivity contribution in [3.05, 3.63) is 0 Å². The van der Waals surface area contributed by atoms with E-state index in [1.54, 1.807) is 0 Å². The number of carbonyl (C=O) groups excluding carboxylic acids is 4. The quantitative estimate of drug-likeness (QED) is 0.0222. The van der Waals surface area contributed by atoms with Crippen LogP contribution >= 0.6 is 15.6 Å². The highest BCUT2D eigenvalue weighted by molar-refractivity contribution is 7.47. The van der Waals surface area contributed by atoms with E-state index in [-0.39, 0.29) is 25.7 Å². The molecule has 0 aromatic heterocycles. The van der Waals surface area contributed by atoms with Crippen LogP contribution in [0.4, 0.5) is 0 Å². The zero-order chi connectivity index (χ0) is 74.8. The molecule has 0 radical (unpaired) electrons. The Morgan fingerprint density at radius 1 is 0.265 bits per heavy atom. The van der Waals surface area contributed by atoms with Crippen LogP contribution in [0.3, 0.4) is 0 Å². The molecule has 3 N–H and O–H groups in total. The molecule has 0 saturated heterocycles. The summed E-state index contributed by atoms with van der Waals surface area (Å²) < 4.78 is 68.8. The van der Waals surface area contributed by atoms with Gasteiger partial charge in [0.2, 0.25) is 0 Å². The van der Waals surface area contributed by atoms with Crippen molar-refractivity contribution in [3.8, 4) is 0 Å². The number of phosphoric ester groups is 2. The first-order valence-corrected chi connectivity index (χ1v) is 46.1. The topological polar surface area (TPSA) is 237 Å². The molecule has 2 unspecified atom stereocenters. The van der Waals surface area contributed by atoms with Crippen LogP contribution in [-0.4, -0.2) is 96.7 Å². The second kappa shape index (κ2) is 75.9. The maximum Gasteiger partial charge on any atom is 0.472 e. The number of ether oxygens (including phenoxy) is 4. The minimum atomic E-state index is -4.96. The molecule has 0 amide bonds. The number of aliphatic hydroxyl groups is 1. The molecule has 0 rings (SSSR count). The molecule has 0 aliphatic heterocycles. The van der Waals surface area contributed by atoms with Crippen LogP contribution in [0.5, 0.6) is 0 Å². The summed E-state index contributed by atoms with van der Waals surface area (Å²) in [6, 6.07) is 0. The predicted molar refractivity (Wildman–Crippen MR) is 418 cm³/mol. The van der Waals surface area contributed by atoms with Gasteiger partial charge in [-0.1, -0.05) is 394 Å². The molecule has 0 aliphatic carbocycles. The lowest BCUT2D eigenvalue weighted by Crippen LogP contribution is -2.30. The molecule has 19 heteroatoms. The summed E-state index contributed by atoms with van der Waals surface area (Å²) in [5, 5.41) is 10.7. The number of hydrogen-bond acceptors (Lipinski definition) is 15. The van der Waals surface area contributed by atoms with Crippen molar-refractivity contribution in [2.24, 2.45) is 5.92 Å². The number of aliphatic hydroxyl groups excluding tert-OH is 1. The Kier molecular flexibility index (Phi) is 74.4. The fourth-order valence-corrected chi connectivity index (χ4v) is 14.5. The highest BCUT2D eigenvalue weighted by atomic mass is 31.2. The average molecular weight is 1490 g/mol. The highest BCUT2D eigenvalue weighted by Gasteiger charge is 2.30. The van der Waals surface area contributed by atoms with Crippen LogP contribution in [0.25, 0.3) is 0 Å². The first-order valence-electron chi connectivity index (χ1n) is 43.1. The van der Waals surface area contributed by atoms with Gasteiger partial charge >= 0.3 is 39.5 Å². The Morgan fingerprint density at radius 3 is 0.667 bits per heavy atom. The Hall–Kier alpha value is -1.94. The number of carbonyl (C=O) groups is 4. The summed E-state index contributed by atoms with van der Waals surface area (Å²) in [6.45, 7) is 7.35. The minimum absolute atomic E-state index is 0.108. The monoisotopic (exact) mass is 1490 g/mol. The minimum Gasteiger partial charge on any atom is -0.462 e. The maximum absolute atomic E-state index is 13.1. The molecular weight excluding hydrogens is 1330 g/mol. The van der Waals surface area contributed by atoms with Crippen molar-refractivity contribution < 1.29 is 80.2 Å². The van der Waals surface area contributed by atoms with Crippen molar-refractivity contribution in [1.82, 2.24) is 0 Å². The van der Waals surface area contributed by atoms with Gasteiger partial charge in [0.15, 0.2) is 12.2 Å². The molecule has 5 atom stereocenters. The third-order valence-corrected chi connectivity index (χ3v) is 21.4. The van der Waals surface area contributed by atoms with Gasteiger partial charge in [0, 0.05) is 25.7 Å². The summed E-state index contributed by atoms with van der Waals surface area (Å²) in [5.41, 5.74) is 0. The summed E-state index contributed by atoms with van der Waals surface area (Å²) in [5.74, 6) is -1.33. The predicted octanol–water partition coefficient (Wildman–Crippen LogP) is 25.2. The standard InChI is InChI=1S/C83H162O17P2/c1-6-9-12-15-18-21-24-27-28-29-30-31-32-33-34-35-38-43-49-54-59-64-69-83(88)100-79(73-94-81(86)67-62-57-52-47-44-39-40-45-50-55-60-65-76(4)5)75-98-102(91,92)96-71-77(84)70-95-101(89,90)97-74-78(99-82(87)68-63-58-53-48-42-37-26-23-20-17-14-11-8-3)72-93-80(85)66-61-56-51-46-41-36-25-22-19-16-13-10-7-2/h76-79,84H,6-75H2,1-5H3,(H,89,90)(H,91,92)/t77-,78+,79+/m0/s1. The number of hydrogen-bond donors (Lipinski definition) is 3. The van der Waals surface area contributed by atoms with Crippen LogP contribution < -0.4 is 0 Å². The van der Waals surface area contributed by atoms with Crippen molar-refractivity contribution in [2.75, 3.05) is 39.6 Å².